The Kier molecular flexibility index (Phi) is 4.34. The van der Waals surface area contributed by atoms with Crippen LogP contribution >= 0.6 is 0 Å². The average molecular weight is 253 g/mol. The number of amides is 1. The second-order valence-corrected chi connectivity index (χ2v) is 3.92. The molecular weight excluding hydrogens is 238 g/mol. The van der Waals surface area contributed by atoms with Crippen LogP contribution in [0, 0.1) is 0 Å². The fraction of sp³-hybridized carbons (Fsp3) is 0.0625. The molecule has 0 aliphatic carbocycles. The fourth-order valence-corrected chi connectivity index (χ4v) is 1.65. The minimum Gasteiger partial charge on any atom is -0.489 e. The largest absolute Gasteiger partial charge is 0.489 e. The summed E-state index contributed by atoms with van der Waals surface area (Å²) in [6.45, 7) is 3.96. The number of carbonyl (C=O) groups excluding carboxylic acids is 1. The van der Waals surface area contributed by atoms with E-state index in [0.717, 1.165) is 5.69 Å². The van der Waals surface area contributed by atoms with Crippen LogP contribution in [0.4, 0.5) is 5.69 Å². The van der Waals surface area contributed by atoms with E-state index in [1.165, 1.54) is 0 Å². The van der Waals surface area contributed by atoms with Crippen molar-refractivity contribution in [2.45, 2.75) is 0 Å². The van der Waals surface area contributed by atoms with Gasteiger partial charge in [-0.1, -0.05) is 43.0 Å². The van der Waals surface area contributed by atoms with Gasteiger partial charge in [-0.15, -0.1) is 0 Å². The molecule has 2 aromatic carbocycles. The van der Waals surface area contributed by atoms with Gasteiger partial charge in [0.2, 0.25) is 0 Å². The van der Waals surface area contributed by atoms with E-state index in [1.54, 1.807) is 24.3 Å². The summed E-state index contributed by atoms with van der Waals surface area (Å²) < 4.78 is 5.47. The fourth-order valence-electron chi connectivity index (χ4n) is 1.65. The zero-order valence-electron chi connectivity index (χ0n) is 10.5. The van der Waals surface area contributed by atoms with Gasteiger partial charge in [-0.05, 0) is 24.3 Å². The van der Waals surface area contributed by atoms with Crippen LogP contribution in [-0.2, 0) is 0 Å². The number of ether oxygens (including phenoxy) is 1. The second kappa shape index (κ2) is 6.40. The first-order valence-electron chi connectivity index (χ1n) is 6.00. The Labute approximate surface area is 112 Å². The first kappa shape index (κ1) is 12.9. The number of rotatable bonds is 5. The molecule has 0 bridgehead atoms. The lowest BCUT2D eigenvalue weighted by molar-refractivity contribution is 0.102. The van der Waals surface area contributed by atoms with Crippen LogP contribution in [-0.4, -0.2) is 12.5 Å². The quantitative estimate of drug-likeness (QED) is 0.828. The van der Waals surface area contributed by atoms with Crippen molar-refractivity contribution in [3.63, 3.8) is 0 Å². The third kappa shape index (κ3) is 3.45. The third-order valence-electron chi connectivity index (χ3n) is 2.52. The molecule has 1 N–H and O–H groups in total. The van der Waals surface area contributed by atoms with E-state index < -0.39 is 0 Å². The molecule has 0 aliphatic rings. The van der Waals surface area contributed by atoms with Gasteiger partial charge in [0, 0.05) is 5.69 Å². The van der Waals surface area contributed by atoms with Crippen molar-refractivity contribution in [2.24, 2.45) is 0 Å². The summed E-state index contributed by atoms with van der Waals surface area (Å²) in [7, 11) is 0. The van der Waals surface area contributed by atoms with Gasteiger partial charge in [-0.2, -0.15) is 0 Å². The zero-order valence-corrected chi connectivity index (χ0v) is 10.5. The summed E-state index contributed by atoms with van der Waals surface area (Å²) in [4.78, 5) is 12.2. The molecule has 0 fully saturated rings. The van der Waals surface area contributed by atoms with Gasteiger partial charge >= 0.3 is 0 Å². The van der Waals surface area contributed by atoms with E-state index in [9.17, 15) is 4.79 Å². The Balaban J connectivity index is 2.16. The van der Waals surface area contributed by atoms with Crippen LogP contribution in [0.3, 0.4) is 0 Å². The van der Waals surface area contributed by atoms with Crippen molar-refractivity contribution >= 4 is 11.6 Å². The molecule has 2 aromatic rings. The normalized spacial score (nSPS) is 9.68. The molecule has 0 aliphatic heterocycles. The highest BCUT2D eigenvalue weighted by molar-refractivity contribution is 6.06. The first-order chi connectivity index (χ1) is 9.31. The molecule has 0 radical (unpaired) electrons. The summed E-state index contributed by atoms with van der Waals surface area (Å²) in [5.41, 5.74) is 1.26. The van der Waals surface area contributed by atoms with E-state index in [2.05, 4.69) is 11.9 Å². The first-order valence-corrected chi connectivity index (χ1v) is 6.00. The molecule has 3 heteroatoms. The van der Waals surface area contributed by atoms with E-state index in [1.807, 2.05) is 36.4 Å². The second-order valence-electron chi connectivity index (χ2n) is 3.92. The number of carbonyl (C=O) groups is 1. The lowest BCUT2D eigenvalue weighted by atomic mass is 10.2. The predicted molar refractivity (Wildman–Crippen MR) is 76.5 cm³/mol. The highest BCUT2D eigenvalue weighted by Gasteiger charge is 2.11. The van der Waals surface area contributed by atoms with Crippen molar-refractivity contribution < 1.29 is 9.53 Å². The standard InChI is InChI=1S/C16H15NO2/c1-2-12-19-15-11-7-6-10-14(15)16(18)17-13-8-4-3-5-9-13/h2-11H,1,12H2,(H,17,18). The van der Waals surface area contributed by atoms with E-state index in [4.69, 9.17) is 4.74 Å². The number of hydrogen-bond acceptors (Lipinski definition) is 2. The third-order valence-corrected chi connectivity index (χ3v) is 2.52. The molecule has 0 unspecified atom stereocenters. The molecule has 0 aromatic heterocycles. The minimum atomic E-state index is -0.189. The monoisotopic (exact) mass is 253 g/mol. The molecule has 0 heterocycles. The Morgan fingerprint density at radius 1 is 1.11 bits per heavy atom. The van der Waals surface area contributed by atoms with Gasteiger partial charge in [-0.25, -0.2) is 0 Å². The van der Waals surface area contributed by atoms with Gasteiger partial charge in [0.15, 0.2) is 0 Å². The average Bonchev–Trinajstić information content (AvgIpc) is 2.46. The van der Waals surface area contributed by atoms with Crippen molar-refractivity contribution in [2.75, 3.05) is 11.9 Å². The predicted octanol–water partition coefficient (Wildman–Crippen LogP) is 3.50. The molecule has 1 amide bonds. The van der Waals surface area contributed by atoms with Crippen LogP contribution in [0.15, 0.2) is 67.3 Å². The van der Waals surface area contributed by atoms with E-state index in [0.29, 0.717) is 17.9 Å². The van der Waals surface area contributed by atoms with Crippen LogP contribution < -0.4 is 10.1 Å². The Morgan fingerprint density at radius 2 is 1.79 bits per heavy atom. The molecular formula is C16H15NO2. The molecule has 3 nitrogen and oxygen atoms in total. The number of hydrogen-bond donors (Lipinski definition) is 1. The lowest BCUT2D eigenvalue weighted by Gasteiger charge is -2.10. The smallest absolute Gasteiger partial charge is 0.259 e. The van der Waals surface area contributed by atoms with Gasteiger partial charge in [0.1, 0.15) is 12.4 Å². The van der Waals surface area contributed by atoms with Gasteiger partial charge < -0.3 is 10.1 Å². The maximum atomic E-state index is 12.2. The van der Waals surface area contributed by atoms with Crippen LogP contribution in [0.25, 0.3) is 0 Å². The number of para-hydroxylation sites is 2. The number of nitrogens with one attached hydrogen (secondary N) is 1. The van der Waals surface area contributed by atoms with Crippen LogP contribution in [0.2, 0.25) is 0 Å². The van der Waals surface area contributed by atoms with Crippen molar-refractivity contribution in [3.8, 4) is 5.75 Å². The van der Waals surface area contributed by atoms with Crippen LogP contribution in [0.1, 0.15) is 10.4 Å². The van der Waals surface area contributed by atoms with Crippen LogP contribution in [0.5, 0.6) is 5.75 Å². The molecule has 0 spiro atoms. The van der Waals surface area contributed by atoms with E-state index in [-0.39, 0.29) is 5.91 Å². The molecule has 0 atom stereocenters. The maximum absolute atomic E-state index is 12.2. The molecule has 0 saturated carbocycles. The number of anilines is 1. The molecule has 2 rings (SSSR count). The molecule has 19 heavy (non-hydrogen) atoms. The minimum absolute atomic E-state index is 0.189. The SMILES string of the molecule is C=CCOc1ccccc1C(=O)Nc1ccccc1. The van der Waals surface area contributed by atoms with E-state index >= 15 is 0 Å². The van der Waals surface area contributed by atoms with Gasteiger partial charge in [0.25, 0.3) is 5.91 Å². The topological polar surface area (TPSA) is 38.3 Å². The highest BCUT2D eigenvalue weighted by atomic mass is 16.5. The lowest BCUT2D eigenvalue weighted by Crippen LogP contribution is -2.13. The Hall–Kier alpha value is -2.55. The Bertz CT molecular complexity index is 564. The summed E-state index contributed by atoms with van der Waals surface area (Å²) in [6.07, 6.45) is 1.64. The molecule has 96 valence electrons. The van der Waals surface area contributed by atoms with Crippen molar-refractivity contribution in [1.29, 1.82) is 0 Å². The van der Waals surface area contributed by atoms with Crippen molar-refractivity contribution in [1.82, 2.24) is 0 Å². The number of benzene rings is 2. The highest BCUT2D eigenvalue weighted by Crippen LogP contribution is 2.19. The Morgan fingerprint density at radius 3 is 2.53 bits per heavy atom. The van der Waals surface area contributed by atoms with Gasteiger partial charge in [0.05, 0.1) is 5.56 Å². The summed E-state index contributed by atoms with van der Waals surface area (Å²) in [6, 6.07) is 16.5. The molecule has 0 saturated heterocycles. The summed E-state index contributed by atoms with van der Waals surface area (Å²) >= 11 is 0. The summed E-state index contributed by atoms with van der Waals surface area (Å²) in [5.74, 6) is 0.363. The summed E-state index contributed by atoms with van der Waals surface area (Å²) in [5, 5.41) is 2.83. The van der Waals surface area contributed by atoms with Crippen molar-refractivity contribution in [3.05, 3.63) is 72.8 Å². The van der Waals surface area contributed by atoms with Gasteiger partial charge in [-0.3, -0.25) is 4.79 Å². The maximum Gasteiger partial charge on any atom is 0.259 e. The zero-order chi connectivity index (χ0) is 13.5.